The first kappa shape index (κ1) is 18.5. The molecule has 8 heteroatoms. The van der Waals surface area contributed by atoms with Crippen LogP contribution < -0.4 is 10.5 Å². The van der Waals surface area contributed by atoms with E-state index in [1.54, 1.807) is 11.6 Å². The van der Waals surface area contributed by atoms with Gasteiger partial charge in [-0.25, -0.2) is 9.97 Å². The quantitative estimate of drug-likeness (QED) is 0.731. The smallest absolute Gasteiger partial charge is 0.227 e. The van der Waals surface area contributed by atoms with Crippen LogP contribution in [-0.4, -0.2) is 50.6 Å². The summed E-state index contributed by atoms with van der Waals surface area (Å²) in [6.45, 7) is 7.27. The van der Waals surface area contributed by atoms with Crippen LogP contribution in [-0.2, 0) is 4.79 Å². The van der Waals surface area contributed by atoms with E-state index in [1.165, 1.54) is 0 Å². The average molecular weight is 382 g/mol. The molecule has 8 nitrogen and oxygen atoms in total. The lowest BCUT2D eigenvalue weighted by atomic mass is 9.91. The van der Waals surface area contributed by atoms with Crippen LogP contribution in [0, 0.1) is 5.41 Å². The summed E-state index contributed by atoms with van der Waals surface area (Å²) in [4.78, 5) is 23.9. The molecule has 1 aromatic carbocycles. The number of benzene rings is 1. The van der Waals surface area contributed by atoms with E-state index in [0.29, 0.717) is 29.3 Å². The lowest BCUT2D eigenvalue weighted by Gasteiger charge is -2.35. The number of amides is 1. The molecule has 0 unspecified atom stereocenters. The lowest BCUT2D eigenvalue weighted by molar-refractivity contribution is -0.140. The standard InChI is InChI=1S/C20H26N6O2/c1-20(2,3)18(27)25-10-6-7-12(11-25)16-23-17-13-8-5-9-14(28-4)15(13)22-19(21)26(17)24-16/h5,8-9,12H,6-7,10-11H2,1-4H3,(H2,21,22)/t12-/m1/s1. The van der Waals surface area contributed by atoms with Gasteiger partial charge in [-0.05, 0) is 25.0 Å². The number of hydrogen-bond acceptors (Lipinski definition) is 6. The van der Waals surface area contributed by atoms with Crippen molar-refractivity contribution in [3.63, 3.8) is 0 Å². The third kappa shape index (κ3) is 3.02. The molecule has 28 heavy (non-hydrogen) atoms. The molecule has 0 aliphatic carbocycles. The molecule has 0 bridgehead atoms. The molecule has 0 spiro atoms. The molecular formula is C20H26N6O2. The minimum absolute atomic E-state index is 0.0833. The van der Waals surface area contributed by atoms with Gasteiger partial charge in [-0.2, -0.15) is 4.52 Å². The molecule has 148 valence electrons. The molecule has 0 radical (unpaired) electrons. The van der Waals surface area contributed by atoms with Gasteiger partial charge >= 0.3 is 0 Å². The van der Waals surface area contributed by atoms with Gasteiger partial charge < -0.3 is 15.4 Å². The highest BCUT2D eigenvalue weighted by atomic mass is 16.5. The zero-order valence-electron chi connectivity index (χ0n) is 16.8. The number of piperidine rings is 1. The Balaban J connectivity index is 1.75. The van der Waals surface area contributed by atoms with Crippen molar-refractivity contribution >= 4 is 28.4 Å². The Bertz CT molecular complexity index is 1050. The molecule has 3 aromatic rings. The highest BCUT2D eigenvalue weighted by Crippen LogP contribution is 2.31. The number of methoxy groups -OCH3 is 1. The first-order chi connectivity index (χ1) is 13.3. The number of para-hydroxylation sites is 1. The molecule has 4 rings (SSSR count). The van der Waals surface area contributed by atoms with E-state index in [-0.39, 0.29) is 17.8 Å². The maximum absolute atomic E-state index is 12.7. The van der Waals surface area contributed by atoms with Crippen molar-refractivity contribution in [1.29, 1.82) is 0 Å². The zero-order chi connectivity index (χ0) is 20.1. The molecule has 1 aliphatic rings. The van der Waals surface area contributed by atoms with E-state index in [2.05, 4.69) is 10.1 Å². The minimum Gasteiger partial charge on any atom is -0.494 e. The van der Waals surface area contributed by atoms with Gasteiger partial charge in [-0.1, -0.05) is 26.8 Å². The second kappa shape index (κ2) is 6.61. The molecule has 1 atom stereocenters. The van der Waals surface area contributed by atoms with Crippen LogP contribution in [0.5, 0.6) is 5.75 Å². The van der Waals surface area contributed by atoms with Crippen LogP contribution in [0.25, 0.3) is 16.6 Å². The lowest BCUT2D eigenvalue weighted by Crippen LogP contribution is -2.44. The zero-order valence-corrected chi connectivity index (χ0v) is 16.8. The average Bonchev–Trinajstić information content (AvgIpc) is 3.13. The van der Waals surface area contributed by atoms with Gasteiger partial charge in [0, 0.05) is 29.8 Å². The van der Waals surface area contributed by atoms with Crippen LogP contribution >= 0.6 is 0 Å². The van der Waals surface area contributed by atoms with Gasteiger partial charge in [0.15, 0.2) is 11.5 Å². The molecule has 2 aromatic heterocycles. The Morgan fingerprint density at radius 2 is 2.07 bits per heavy atom. The van der Waals surface area contributed by atoms with Gasteiger partial charge in [-0.3, -0.25) is 4.79 Å². The predicted octanol–water partition coefficient (Wildman–Crippen LogP) is 2.62. The number of nitrogens with two attached hydrogens (primary N) is 1. The van der Waals surface area contributed by atoms with Crippen LogP contribution in [0.1, 0.15) is 45.4 Å². The van der Waals surface area contributed by atoms with E-state index in [9.17, 15) is 4.79 Å². The summed E-state index contributed by atoms with van der Waals surface area (Å²) >= 11 is 0. The second-order valence-electron chi connectivity index (χ2n) is 8.37. The van der Waals surface area contributed by atoms with Crippen LogP contribution in [0.15, 0.2) is 18.2 Å². The number of aromatic nitrogens is 4. The highest BCUT2D eigenvalue weighted by Gasteiger charge is 2.33. The number of nitrogens with zero attached hydrogens (tertiary/aromatic N) is 5. The Morgan fingerprint density at radius 3 is 2.79 bits per heavy atom. The largest absolute Gasteiger partial charge is 0.494 e. The predicted molar refractivity (Wildman–Crippen MR) is 107 cm³/mol. The Kier molecular flexibility index (Phi) is 4.36. The summed E-state index contributed by atoms with van der Waals surface area (Å²) in [6, 6.07) is 5.69. The Hall–Kier alpha value is -2.90. The summed E-state index contributed by atoms with van der Waals surface area (Å²) in [5.41, 5.74) is 7.09. The van der Waals surface area contributed by atoms with Crippen LogP contribution in [0.3, 0.4) is 0 Å². The fourth-order valence-corrected chi connectivity index (χ4v) is 3.83. The van der Waals surface area contributed by atoms with E-state index < -0.39 is 5.41 Å². The summed E-state index contributed by atoms with van der Waals surface area (Å²) < 4.78 is 6.99. The molecular weight excluding hydrogens is 356 g/mol. The number of fused-ring (bicyclic) bond motifs is 3. The van der Waals surface area contributed by atoms with E-state index >= 15 is 0 Å². The fourth-order valence-electron chi connectivity index (χ4n) is 3.83. The number of rotatable bonds is 2. The van der Waals surface area contributed by atoms with E-state index in [4.69, 9.17) is 15.5 Å². The minimum atomic E-state index is -0.394. The fraction of sp³-hybridized carbons (Fsp3) is 0.500. The molecule has 3 heterocycles. The maximum Gasteiger partial charge on any atom is 0.227 e. The number of nitrogen functional groups attached to an aromatic ring is 1. The van der Waals surface area contributed by atoms with Crippen molar-refractivity contribution in [3.8, 4) is 5.75 Å². The summed E-state index contributed by atoms with van der Waals surface area (Å²) in [5.74, 6) is 1.87. The van der Waals surface area contributed by atoms with E-state index in [0.717, 1.165) is 24.8 Å². The molecule has 1 saturated heterocycles. The number of carbonyl (C=O) groups excluding carboxylic acids is 1. The Morgan fingerprint density at radius 1 is 1.29 bits per heavy atom. The third-order valence-corrected chi connectivity index (χ3v) is 5.24. The second-order valence-corrected chi connectivity index (χ2v) is 8.37. The monoisotopic (exact) mass is 382 g/mol. The van der Waals surface area contributed by atoms with Crippen molar-refractivity contribution in [3.05, 3.63) is 24.0 Å². The normalized spacial score (nSPS) is 18.0. The molecule has 1 fully saturated rings. The SMILES string of the molecule is COc1cccc2c1nc(N)n1nc([C@@H]3CCCN(C(=O)C(C)(C)C)C3)nc21. The van der Waals surface area contributed by atoms with Crippen molar-refractivity contribution in [1.82, 2.24) is 24.5 Å². The number of anilines is 1. The third-order valence-electron chi connectivity index (χ3n) is 5.24. The van der Waals surface area contributed by atoms with E-state index in [1.807, 2.05) is 43.9 Å². The van der Waals surface area contributed by atoms with Gasteiger partial charge in [0.1, 0.15) is 11.3 Å². The van der Waals surface area contributed by atoms with Crippen molar-refractivity contribution < 1.29 is 9.53 Å². The number of hydrogen-bond donors (Lipinski definition) is 1. The van der Waals surface area contributed by atoms with Gasteiger partial charge in [0.2, 0.25) is 11.9 Å². The molecule has 2 N–H and O–H groups in total. The van der Waals surface area contributed by atoms with Crippen LogP contribution in [0.4, 0.5) is 5.95 Å². The van der Waals surface area contributed by atoms with Crippen LogP contribution in [0.2, 0.25) is 0 Å². The first-order valence-electron chi connectivity index (χ1n) is 9.58. The number of carbonyl (C=O) groups is 1. The molecule has 1 aliphatic heterocycles. The highest BCUT2D eigenvalue weighted by molar-refractivity contribution is 5.95. The molecule has 1 amide bonds. The molecule has 0 saturated carbocycles. The number of ether oxygens (including phenoxy) is 1. The number of likely N-dealkylation sites (tertiary alicyclic amines) is 1. The summed E-state index contributed by atoms with van der Waals surface area (Å²) in [5, 5.41) is 5.48. The maximum atomic E-state index is 12.7. The summed E-state index contributed by atoms with van der Waals surface area (Å²) in [6.07, 6.45) is 1.88. The van der Waals surface area contributed by atoms with Crippen molar-refractivity contribution in [2.75, 3.05) is 25.9 Å². The van der Waals surface area contributed by atoms with Crippen molar-refractivity contribution in [2.45, 2.75) is 39.5 Å². The first-order valence-corrected chi connectivity index (χ1v) is 9.58. The topological polar surface area (TPSA) is 98.6 Å². The summed E-state index contributed by atoms with van der Waals surface area (Å²) in [7, 11) is 1.61. The van der Waals surface area contributed by atoms with Gasteiger partial charge in [0.05, 0.1) is 7.11 Å². The van der Waals surface area contributed by atoms with Gasteiger partial charge in [0.25, 0.3) is 0 Å². The van der Waals surface area contributed by atoms with Crippen molar-refractivity contribution in [2.24, 2.45) is 5.41 Å². The Labute approximate surface area is 163 Å². The van der Waals surface area contributed by atoms with Gasteiger partial charge in [-0.15, -0.1) is 5.10 Å².